The van der Waals surface area contributed by atoms with E-state index in [1.54, 1.807) is 4.90 Å². The summed E-state index contributed by atoms with van der Waals surface area (Å²) in [5, 5.41) is 2.59. The summed E-state index contributed by atoms with van der Waals surface area (Å²) in [6.07, 6.45) is 7.52. The summed E-state index contributed by atoms with van der Waals surface area (Å²) in [6.45, 7) is 3.47. The second-order valence-electron chi connectivity index (χ2n) is 3.56. The molecule has 1 fully saturated rings. The molecule has 0 aromatic heterocycles. The number of hydrogen-bond donors (Lipinski definition) is 1. The molecule has 0 aromatic rings. The Balaban J connectivity index is 2.39. The van der Waals surface area contributed by atoms with Crippen LogP contribution < -0.4 is 5.32 Å². The summed E-state index contributed by atoms with van der Waals surface area (Å²) >= 11 is 0. The molecule has 1 rings (SSSR count). The number of carbonyl (C=O) groups excluding carboxylic acids is 1. The Kier molecular flexibility index (Phi) is 3.80. The van der Waals surface area contributed by atoms with Crippen molar-refractivity contribution in [2.45, 2.75) is 38.1 Å². The van der Waals surface area contributed by atoms with E-state index in [1.807, 2.05) is 7.05 Å². The molecule has 74 valence electrons. The Morgan fingerprint density at radius 3 is 2.62 bits per heavy atom. The van der Waals surface area contributed by atoms with Crippen molar-refractivity contribution in [1.82, 2.24) is 10.2 Å². The van der Waals surface area contributed by atoms with E-state index in [9.17, 15) is 4.79 Å². The zero-order chi connectivity index (χ0) is 9.68. The van der Waals surface area contributed by atoms with Crippen molar-refractivity contribution in [3.05, 3.63) is 12.8 Å². The van der Waals surface area contributed by atoms with Crippen molar-refractivity contribution in [2.24, 2.45) is 0 Å². The predicted molar refractivity (Wildman–Crippen MR) is 53.4 cm³/mol. The lowest BCUT2D eigenvalue weighted by Gasteiger charge is -2.30. The molecule has 3 nitrogen and oxygen atoms in total. The first kappa shape index (κ1) is 10.1. The molecule has 0 bridgehead atoms. The van der Waals surface area contributed by atoms with Gasteiger partial charge in [0.2, 0.25) is 0 Å². The predicted octanol–water partition coefficient (Wildman–Crippen LogP) is 2.10. The van der Waals surface area contributed by atoms with Crippen molar-refractivity contribution >= 4 is 6.03 Å². The second kappa shape index (κ2) is 4.90. The summed E-state index contributed by atoms with van der Waals surface area (Å²) in [7, 11) is 1.86. The minimum Gasteiger partial charge on any atom is -0.325 e. The number of amides is 2. The van der Waals surface area contributed by atoms with E-state index < -0.39 is 0 Å². The van der Waals surface area contributed by atoms with Gasteiger partial charge in [-0.1, -0.05) is 25.8 Å². The normalized spacial score (nSPS) is 17.9. The van der Waals surface area contributed by atoms with Crippen LogP contribution in [0.5, 0.6) is 0 Å². The van der Waals surface area contributed by atoms with Gasteiger partial charge in [0, 0.05) is 13.1 Å². The van der Waals surface area contributed by atoms with Gasteiger partial charge < -0.3 is 10.2 Å². The highest BCUT2D eigenvalue weighted by molar-refractivity contribution is 5.75. The lowest BCUT2D eigenvalue weighted by molar-refractivity contribution is 0.177. The number of nitrogens with one attached hydrogen (secondary N) is 1. The second-order valence-corrected chi connectivity index (χ2v) is 3.56. The smallest absolute Gasteiger partial charge is 0.321 e. The van der Waals surface area contributed by atoms with Gasteiger partial charge in [-0.15, -0.1) is 0 Å². The van der Waals surface area contributed by atoms with Crippen LogP contribution in [-0.2, 0) is 0 Å². The van der Waals surface area contributed by atoms with Crippen LogP contribution in [0.25, 0.3) is 0 Å². The van der Waals surface area contributed by atoms with Gasteiger partial charge in [-0.25, -0.2) is 4.79 Å². The van der Waals surface area contributed by atoms with Crippen molar-refractivity contribution in [1.29, 1.82) is 0 Å². The van der Waals surface area contributed by atoms with Crippen LogP contribution in [-0.4, -0.2) is 24.0 Å². The molecule has 0 saturated heterocycles. The number of rotatable bonds is 2. The molecule has 0 spiro atoms. The van der Waals surface area contributed by atoms with Crippen molar-refractivity contribution in [2.75, 3.05) is 7.05 Å². The third kappa shape index (κ3) is 2.76. The van der Waals surface area contributed by atoms with Gasteiger partial charge in [-0.3, -0.25) is 0 Å². The molecule has 0 atom stereocenters. The van der Waals surface area contributed by atoms with E-state index in [-0.39, 0.29) is 6.03 Å². The molecule has 1 aliphatic carbocycles. The first-order valence-corrected chi connectivity index (χ1v) is 4.90. The Hall–Kier alpha value is -0.990. The van der Waals surface area contributed by atoms with Crippen LogP contribution in [0.3, 0.4) is 0 Å². The topological polar surface area (TPSA) is 32.3 Å². The summed E-state index contributed by atoms with van der Waals surface area (Å²) in [6, 6.07) is 0.385. The van der Waals surface area contributed by atoms with Gasteiger partial charge in [-0.2, -0.15) is 0 Å². The molecule has 0 aliphatic heterocycles. The number of urea groups is 1. The van der Waals surface area contributed by atoms with Crippen molar-refractivity contribution in [3.8, 4) is 0 Å². The molecular formula is C10H18N2O. The molecule has 1 aliphatic rings. The summed E-state index contributed by atoms with van der Waals surface area (Å²) in [5.74, 6) is 0. The van der Waals surface area contributed by atoms with Gasteiger partial charge in [-0.05, 0) is 19.0 Å². The molecule has 3 heteroatoms. The lowest BCUT2D eigenvalue weighted by Crippen LogP contribution is -2.42. The minimum absolute atomic E-state index is 0.0399. The number of hydrogen-bond acceptors (Lipinski definition) is 1. The van der Waals surface area contributed by atoms with Crippen LogP contribution in [0, 0.1) is 0 Å². The Morgan fingerprint density at radius 2 is 2.08 bits per heavy atom. The highest BCUT2D eigenvalue weighted by Crippen LogP contribution is 2.21. The summed E-state index contributed by atoms with van der Waals surface area (Å²) in [5.41, 5.74) is 0. The highest BCUT2D eigenvalue weighted by atomic mass is 16.2. The molecule has 0 heterocycles. The van der Waals surface area contributed by atoms with Crippen LogP contribution in [0.1, 0.15) is 32.1 Å². The molecule has 1 saturated carbocycles. The van der Waals surface area contributed by atoms with E-state index >= 15 is 0 Å². The maximum absolute atomic E-state index is 11.4. The first-order valence-electron chi connectivity index (χ1n) is 4.90. The van der Waals surface area contributed by atoms with Crippen LogP contribution in [0.15, 0.2) is 12.8 Å². The zero-order valence-electron chi connectivity index (χ0n) is 8.25. The monoisotopic (exact) mass is 182 g/mol. The molecule has 0 unspecified atom stereocenters. The fraction of sp³-hybridized carbons (Fsp3) is 0.700. The van der Waals surface area contributed by atoms with Crippen molar-refractivity contribution in [3.63, 3.8) is 0 Å². The highest BCUT2D eigenvalue weighted by Gasteiger charge is 2.20. The Bertz CT molecular complexity index is 185. The lowest BCUT2D eigenvalue weighted by atomic mass is 9.95. The number of nitrogens with zero attached hydrogens (tertiary/aromatic N) is 1. The fourth-order valence-electron chi connectivity index (χ4n) is 1.82. The average molecular weight is 182 g/mol. The van der Waals surface area contributed by atoms with E-state index in [0.29, 0.717) is 6.04 Å². The molecule has 13 heavy (non-hydrogen) atoms. The van der Waals surface area contributed by atoms with Crippen molar-refractivity contribution < 1.29 is 4.79 Å². The van der Waals surface area contributed by atoms with Crippen LogP contribution in [0.2, 0.25) is 0 Å². The quantitative estimate of drug-likeness (QED) is 0.697. The van der Waals surface area contributed by atoms with E-state index in [2.05, 4.69) is 11.9 Å². The van der Waals surface area contributed by atoms with Gasteiger partial charge in [0.05, 0.1) is 0 Å². The van der Waals surface area contributed by atoms with E-state index in [0.717, 1.165) is 12.8 Å². The van der Waals surface area contributed by atoms with Gasteiger partial charge in [0.15, 0.2) is 0 Å². The third-order valence-electron chi connectivity index (χ3n) is 2.67. The SMILES string of the molecule is C=CNC(=O)N(C)C1CCCCC1. The van der Waals surface area contributed by atoms with Crippen LogP contribution >= 0.6 is 0 Å². The average Bonchev–Trinajstić information content (AvgIpc) is 2.18. The maximum Gasteiger partial charge on any atom is 0.321 e. The Morgan fingerprint density at radius 1 is 1.46 bits per heavy atom. The Labute approximate surface area is 79.8 Å². The molecule has 0 radical (unpaired) electrons. The molecule has 2 amide bonds. The first-order chi connectivity index (χ1) is 6.25. The largest absolute Gasteiger partial charge is 0.325 e. The van der Waals surface area contributed by atoms with Gasteiger partial charge in [0.25, 0.3) is 0 Å². The van der Waals surface area contributed by atoms with E-state index in [4.69, 9.17) is 0 Å². The molecular weight excluding hydrogens is 164 g/mol. The number of carbonyl (C=O) groups is 1. The van der Waals surface area contributed by atoms with Gasteiger partial charge in [0.1, 0.15) is 0 Å². The summed E-state index contributed by atoms with van der Waals surface area (Å²) < 4.78 is 0. The van der Waals surface area contributed by atoms with Crippen LogP contribution in [0.4, 0.5) is 4.79 Å². The fourth-order valence-corrected chi connectivity index (χ4v) is 1.82. The standard InChI is InChI=1S/C10H18N2O/c1-3-11-10(13)12(2)9-7-5-4-6-8-9/h3,9H,1,4-8H2,2H3,(H,11,13). The minimum atomic E-state index is -0.0399. The summed E-state index contributed by atoms with van der Waals surface area (Å²) in [4.78, 5) is 13.2. The van der Waals surface area contributed by atoms with E-state index in [1.165, 1.54) is 25.5 Å². The molecule has 0 aromatic carbocycles. The third-order valence-corrected chi connectivity index (χ3v) is 2.67. The maximum atomic E-state index is 11.4. The van der Waals surface area contributed by atoms with Gasteiger partial charge >= 0.3 is 6.03 Å². The zero-order valence-corrected chi connectivity index (χ0v) is 8.25. The molecule has 1 N–H and O–H groups in total.